The van der Waals surface area contributed by atoms with Gasteiger partial charge in [-0.2, -0.15) is 0 Å². The molecular formula is C15H13N5O4S. The summed E-state index contributed by atoms with van der Waals surface area (Å²) in [6.45, 7) is 1.85. The largest absolute Gasteiger partial charge is 0.295 e. The van der Waals surface area contributed by atoms with E-state index in [0.717, 1.165) is 11.9 Å². The van der Waals surface area contributed by atoms with Gasteiger partial charge in [-0.3, -0.25) is 15.5 Å². The molecule has 10 heteroatoms. The number of nitro benzene ring substituents is 1. The number of nitrogens with one attached hydrogen (secondary N) is 2. The zero-order chi connectivity index (χ0) is 18.0. The Bertz CT molecular complexity index is 1050. The maximum atomic E-state index is 12.3. The summed E-state index contributed by atoms with van der Waals surface area (Å²) >= 11 is 0. The lowest BCUT2D eigenvalue weighted by atomic mass is 10.2. The van der Waals surface area contributed by atoms with Gasteiger partial charge in [-0.05, 0) is 25.1 Å². The summed E-state index contributed by atoms with van der Waals surface area (Å²) in [5.74, 6) is 0.115. The second-order valence-electron chi connectivity index (χ2n) is 5.20. The molecule has 1 heterocycles. The summed E-state index contributed by atoms with van der Waals surface area (Å²) in [5, 5.41) is 11.4. The van der Waals surface area contributed by atoms with E-state index in [1.54, 1.807) is 18.2 Å². The quantitative estimate of drug-likeness (QED) is 0.528. The number of rotatable bonds is 5. The van der Waals surface area contributed by atoms with Crippen LogP contribution in [0.4, 0.5) is 11.5 Å². The van der Waals surface area contributed by atoms with Gasteiger partial charge in [-0.1, -0.05) is 23.8 Å². The number of aromatic nitrogens is 2. The van der Waals surface area contributed by atoms with Gasteiger partial charge >= 0.3 is 0 Å². The lowest BCUT2D eigenvalue weighted by Crippen LogP contribution is -2.30. The van der Waals surface area contributed by atoms with Gasteiger partial charge in [0.05, 0.1) is 15.2 Å². The second-order valence-corrected chi connectivity index (χ2v) is 6.88. The molecule has 0 fully saturated rings. The normalized spacial score (nSPS) is 11.4. The fraction of sp³-hybridized carbons (Fsp3) is 0.0667. The fourth-order valence-electron chi connectivity index (χ4n) is 2.21. The predicted molar refractivity (Wildman–Crippen MR) is 91.3 cm³/mol. The summed E-state index contributed by atoms with van der Waals surface area (Å²) in [6.07, 6.45) is 1.12. The number of nitro groups is 1. The number of sulfonamides is 1. The Balaban J connectivity index is 1.92. The van der Waals surface area contributed by atoms with Crippen LogP contribution in [0.1, 0.15) is 5.56 Å². The third kappa shape index (κ3) is 3.39. The minimum atomic E-state index is -3.83. The van der Waals surface area contributed by atoms with Gasteiger partial charge in [0.25, 0.3) is 15.7 Å². The lowest BCUT2D eigenvalue weighted by molar-refractivity contribution is -0.383. The van der Waals surface area contributed by atoms with E-state index < -0.39 is 14.9 Å². The molecule has 0 saturated carbocycles. The number of hydrazine groups is 1. The Morgan fingerprint density at radius 3 is 2.48 bits per heavy atom. The number of para-hydroxylation sites is 1. The van der Waals surface area contributed by atoms with Crippen LogP contribution >= 0.6 is 0 Å². The van der Waals surface area contributed by atoms with Crippen LogP contribution in [0.25, 0.3) is 10.9 Å². The number of benzene rings is 2. The van der Waals surface area contributed by atoms with Crippen molar-refractivity contribution in [3.63, 3.8) is 0 Å². The molecule has 0 bridgehead atoms. The number of anilines is 1. The molecule has 0 aliphatic heterocycles. The first kappa shape index (κ1) is 16.7. The molecule has 25 heavy (non-hydrogen) atoms. The molecule has 0 spiro atoms. The summed E-state index contributed by atoms with van der Waals surface area (Å²) in [5.41, 5.74) is 3.35. The van der Waals surface area contributed by atoms with E-state index in [1.165, 1.54) is 24.3 Å². The van der Waals surface area contributed by atoms with Crippen molar-refractivity contribution in [1.29, 1.82) is 0 Å². The summed E-state index contributed by atoms with van der Waals surface area (Å²) < 4.78 is 24.6. The second kappa shape index (κ2) is 6.42. The fourth-order valence-corrected chi connectivity index (χ4v) is 3.05. The third-order valence-electron chi connectivity index (χ3n) is 3.48. The van der Waals surface area contributed by atoms with Crippen molar-refractivity contribution in [1.82, 2.24) is 14.8 Å². The molecule has 3 aromatic rings. The predicted octanol–water partition coefficient (Wildman–Crippen LogP) is 2.15. The molecule has 2 N–H and O–H groups in total. The highest BCUT2D eigenvalue weighted by molar-refractivity contribution is 7.89. The zero-order valence-corrected chi connectivity index (χ0v) is 13.8. The van der Waals surface area contributed by atoms with Crippen LogP contribution in [0.3, 0.4) is 0 Å². The molecule has 0 amide bonds. The SMILES string of the molecule is Cc1ccc(S(=O)(=O)NNc2ncnc3c([N+](=O)[O-])cccc23)cc1. The number of aryl methyl sites for hydroxylation is 1. The van der Waals surface area contributed by atoms with Crippen molar-refractivity contribution in [2.24, 2.45) is 0 Å². The van der Waals surface area contributed by atoms with Gasteiger partial charge in [-0.25, -0.2) is 18.4 Å². The van der Waals surface area contributed by atoms with E-state index in [4.69, 9.17) is 0 Å². The minimum Gasteiger partial charge on any atom is -0.291 e. The van der Waals surface area contributed by atoms with E-state index in [9.17, 15) is 18.5 Å². The number of non-ortho nitro benzene ring substituents is 1. The first-order valence-electron chi connectivity index (χ1n) is 7.11. The van der Waals surface area contributed by atoms with Crippen LogP contribution in [0, 0.1) is 17.0 Å². The van der Waals surface area contributed by atoms with Gasteiger partial charge in [0.15, 0.2) is 11.3 Å². The molecule has 9 nitrogen and oxygen atoms in total. The summed E-state index contributed by atoms with van der Waals surface area (Å²) in [6, 6.07) is 10.7. The highest BCUT2D eigenvalue weighted by Crippen LogP contribution is 2.26. The van der Waals surface area contributed by atoms with Gasteiger partial charge in [-0.15, -0.1) is 4.83 Å². The monoisotopic (exact) mass is 359 g/mol. The molecule has 0 radical (unpaired) electrons. The van der Waals surface area contributed by atoms with E-state index in [0.29, 0.717) is 5.39 Å². The molecular weight excluding hydrogens is 346 g/mol. The zero-order valence-electron chi connectivity index (χ0n) is 13.0. The minimum absolute atomic E-state index is 0.0787. The molecule has 0 aliphatic rings. The number of hydrogen-bond donors (Lipinski definition) is 2. The van der Waals surface area contributed by atoms with Crippen LogP contribution in [0.15, 0.2) is 53.7 Å². The topological polar surface area (TPSA) is 127 Å². The van der Waals surface area contributed by atoms with Gasteiger partial charge < -0.3 is 0 Å². The molecule has 0 unspecified atom stereocenters. The van der Waals surface area contributed by atoms with Gasteiger partial charge in [0.2, 0.25) is 0 Å². The Hall–Kier alpha value is -3.11. The first-order valence-corrected chi connectivity index (χ1v) is 8.59. The molecule has 0 saturated heterocycles. The maximum absolute atomic E-state index is 12.3. The van der Waals surface area contributed by atoms with Crippen LogP contribution in [-0.2, 0) is 10.0 Å². The van der Waals surface area contributed by atoms with Crippen molar-refractivity contribution < 1.29 is 13.3 Å². The molecule has 128 valence electrons. The average Bonchev–Trinajstić information content (AvgIpc) is 2.59. The lowest BCUT2D eigenvalue weighted by Gasteiger charge is -2.10. The number of nitrogens with zero attached hydrogens (tertiary/aromatic N) is 3. The van der Waals surface area contributed by atoms with Crippen molar-refractivity contribution >= 4 is 32.4 Å². The Morgan fingerprint density at radius 2 is 1.80 bits per heavy atom. The standard InChI is InChI=1S/C15H13N5O4S/c1-10-5-7-11(8-6-10)25(23,24)19-18-15-12-3-2-4-13(20(21)22)14(12)16-9-17-15/h2-9,19H,1H3,(H,16,17,18). The van der Waals surface area contributed by atoms with Crippen LogP contribution in [0.2, 0.25) is 0 Å². The van der Waals surface area contributed by atoms with E-state index in [-0.39, 0.29) is 21.9 Å². The highest BCUT2D eigenvalue weighted by Gasteiger charge is 2.17. The smallest absolute Gasteiger partial charge is 0.291 e. The molecule has 3 rings (SSSR count). The van der Waals surface area contributed by atoms with Gasteiger partial charge in [0.1, 0.15) is 6.33 Å². The van der Waals surface area contributed by atoms with Gasteiger partial charge in [0, 0.05) is 6.07 Å². The molecule has 1 aromatic heterocycles. The summed E-state index contributed by atoms with van der Waals surface area (Å²) in [4.78, 5) is 20.7. The van der Waals surface area contributed by atoms with E-state index in [1.807, 2.05) is 6.92 Å². The highest BCUT2D eigenvalue weighted by atomic mass is 32.2. The molecule has 2 aromatic carbocycles. The summed E-state index contributed by atoms with van der Waals surface area (Å²) in [7, 11) is -3.83. The number of hydrogen-bond acceptors (Lipinski definition) is 7. The number of fused-ring (bicyclic) bond motifs is 1. The van der Waals surface area contributed by atoms with Crippen molar-refractivity contribution in [3.8, 4) is 0 Å². The van der Waals surface area contributed by atoms with Crippen molar-refractivity contribution in [2.45, 2.75) is 11.8 Å². The maximum Gasteiger partial charge on any atom is 0.295 e. The third-order valence-corrected chi connectivity index (χ3v) is 4.74. The molecule has 0 atom stereocenters. The Kier molecular flexibility index (Phi) is 4.30. The van der Waals surface area contributed by atoms with Crippen LogP contribution < -0.4 is 10.3 Å². The Morgan fingerprint density at radius 1 is 1.08 bits per heavy atom. The Labute approximate surface area is 142 Å². The molecule has 0 aliphatic carbocycles. The van der Waals surface area contributed by atoms with E-state index in [2.05, 4.69) is 20.2 Å². The average molecular weight is 359 g/mol. The van der Waals surface area contributed by atoms with Crippen molar-refractivity contribution in [3.05, 3.63) is 64.5 Å². The van der Waals surface area contributed by atoms with E-state index >= 15 is 0 Å². The van der Waals surface area contributed by atoms with Crippen LogP contribution in [0.5, 0.6) is 0 Å². The van der Waals surface area contributed by atoms with Crippen LogP contribution in [-0.4, -0.2) is 23.3 Å². The first-order chi connectivity index (χ1) is 11.9. The van der Waals surface area contributed by atoms with Crippen molar-refractivity contribution in [2.75, 3.05) is 5.43 Å².